The molecule has 1 saturated carbocycles. The van der Waals surface area contributed by atoms with Crippen LogP contribution < -0.4 is 5.32 Å². The normalized spacial score (nSPS) is 26.2. The summed E-state index contributed by atoms with van der Waals surface area (Å²) in [5.74, 6) is -0.825. The number of rotatable bonds is 3. The van der Waals surface area contributed by atoms with Gasteiger partial charge >= 0.3 is 12.0 Å². The Balaban J connectivity index is 1.92. The molecule has 0 aromatic carbocycles. The molecular weight excluding hydrogens is 244 g/mol. The molecule has 108 valence electrons. The second-order valence-electron chi connectivity index (χ2n) is 6.14. The lowest BCUT2D eigenvalue weighted by molar-refractivity contribution is -0.137. The number of likely N-dealkylation sites (tertiary alicyclic amines) is 1. The summed E-state index contributed by atoms with van der Waals surface area (Å²) in [7, 11) is 0. The molecule has 0 bridgehead atoms. The molecular formula is C14H24N2O3. The van der Waals surface area contributed by atoms with Crippen molar-refractivity contribution in [2.45, 2.75) is 69.9 Å². The lowest BCUT2D eigenvalue weighted by Gasteiger charge is -2.37. The van der Waals surface area contributed by atoms with Crippen molar-refractivity contribution in [3.63, 3.8) is 0 Å². The third-order valence-electron chi connectivity index (χ3n) is 4.41. The number of carboxylic acids is 1. The standard InChI is InChI=1S/C14H24N2O3/c1-14(7-3-2-4-8-14)15-13(19)16-9-5-6-11(16)10-12(17)18/h11H,2-10H2,1H3,(H,15,19)(H,17,18). The number of urea groups is 1. The Morgan fingerprint density at radius 3 is 2.58 bits per heavy atom. The zero-order chi connectivity index (χ0) is 13.9. The highest BCUT2D eigenvalue weighted by molar-refractivity contribution is 5.77. The van der Waals surface area contributed by atoms with Gasteiger partial charge in [0, 0.05) is 18.1 Å². The summed E-state index contributed by atoms with van der Waals surface area (Å²) >= 11 is 0. The second kappa shape index (κ2) is 5.80. The number of nitrogens with one attached hydrogen (secondary N) is 1. The topological polar surface area (TPSA) is 69.6 Å². The van der Waals surface area contributed by atoms with E-state index in [2.05, 4.69) is 12.2 Å². The molecule has 19 heavy (non-hydrogen) atoms. The van der Waals surface area contributed by atoms with E-state index in [4.69, 9.17) is 5.11 Å². The highest BCUT2D eigenvalue weighted by Gasteiger charge is 2.35. The minimum Gasteiger partial charge on any atom is -0.481 e. The summed E-state index contributed by atoms with van der Waals surface area (Å²) in [6.07, 6.45) is 7.39. The van der Waals surface area contributed by atoms with E-state index in [0.717, 1.165) is 38.5 Å². The summed E-state index contributed by atoms with van der Waals surface area (Å²) in [5, 5.41) is 12.0. The maximum Gasteiger partial charge on any atom is 0.318 e. The molecule has 2 N–H and O–H groups in total. The molecule has 5 heteroatoms. The number of amides is 2. The molecule has 1 atom stereocenters. The van der Waals surface area contributed by atoms with Crippen molar-refractivity contribution >= 4 is 12.0 Å². The Morgan fingerprint density at radius 2 is 1.95 bits per heavy atom. The van der Waals surface area contributed by atoms with Crippen LogP contribution in [0.3, 0.4) is 0 Å². The van der Waals surface area contributed by atoms with Crippen LogP contribution in [0.5, 0.6) is 0 Å². The Kier molecular flexibility index (Phi) is 4.32. The van der Waals surface area contributed by atoms with Gasteiger partial charge in [0.15, 0.2) is 0 Å². The molecule has 0 aromatic rings. The minimum absolute atomic E-state index is 0.0597. The number of carboxylic acid groups (broad SMARTS) is 1. The molecule has 1 aliphatic heterocycles. The number of nitrogens with zero attached hydrogens (tertiary/aromatic N) is 1. The Hall–Kier alpha value is -1.26. The van der Waals surface area contributed by atoms with Crippen LogP contribution in [-0.2, 0) is 4.79 Å². The molecule has 2 rings (SSSR count). The number of carbonyl (C=O) groups excluding carboxylic acids is 1. The zero-order valence-electron chi connectivity index (χ0n) is 11.7. The van der Waals surface area contributed by atoms with Crippen molar-refractivity contribution in [1.82, 2.24) is 10.2 Å². The van der Waals surface area contributed by atoms with E-state index in [1.165, 1.54) is 6.42 Å². The van der Waals surface area contributed by atoms with Gasteiger partial charge in [-0.1, -0.05) is 19.3 Å². The molecule has 1 unspecified atom stereocenters. The van der Waals surface area contributed by atoms with Crippen molar-refractivity contribution in [3.05, 3.63) is 0 Å². The molecule has 0 aromatic heterocycles. The van der Waals surface area contributed by atoms with Gasteiger partial charge in [0.05, 0.1) is 6.42 Å². The van der Waals surface area contributed by atoms with Crippen molar-refractivity contribution in [2.75, 3.05) is 6.54 Å². The highest BCUT2D eigenvalue weighted by Crippen LogP contribution is 2.28. The van der Waals surface area contributed by atoms with Gasteiger partial charge in [-0.25, -0.2) is 4.79 Å². The van der Waals surface area contributed by atoms with Gasteiger partial charge in [0.1, 0.15) is 0 Å². The molecule has 1 heterocycles. The van der Waals surface area contributed by atoms with E-state index in [1.54, 1.807) is 4.90 Å². The maximum absolute atomic E-state index is 12.3. The Morgan fingerprint density at radius 1 is 1.26 bits per heavy atom. The van der Waals surface area contributed by atoms with Gasteiger partial charge in [0.25, 0.3) is 0 Å². The monoisotopic (exact) mass is 268 g/mol. The average Bonchev–Trinajstić information content (AvgIpc) is 2.76. The number of aliphatic carboxylic acids is 1. The average molecular weight is 268 g/mol. The van der Waals surface area contributed by atoms with Crippen LogP contribution in [0.4, 0.5) is 4.79 Å². The van der Waals surface area contributed by atoms with E-state index in [1.807, 2.05) is 0 Å². The first-order valence-electron chi connectivity index (χ1n) is 7.31. The van der Waals surface area contributed by atoms with Crippen LogP contribution in [0.15, 0.2) is 0 Å². The van der Waals surface area contributed by atoms with Crippen LogP contribution in [0.25, 0.3) is 0 Å². The van der Waals surface area contributed by atoms with E-state index in [0.29, 0.717) is 6.54 Å². The fraction of sp³-hybridized carbons (Fsp3) is 0.857. The SMILES string of the molecule is CC1(NC(=O)N2CCCC2CC(=O)O)CCCCC1. The van der Waals surface area contributed by atoms with Crippen LogP contribution in [0.1, 0.15) is 58.3 Å². The summed E-state index contributed by atoms with van der Waals surface area (Å²) in [5.41, 5.74) is -0.105. The van der Waals surface area contributed by atoms with Crippen LogP contribution in [0.2, 0.25) is 0 Å². The number of hydrogen-bond acceptors (Lipinski definition) is 2. The van der Waals surface area contributed by atoms with E-state index < -0.39 is 5.97 Å². The second-order valence-corrected chi connectivity index (χ2v) is 6.14. The predicted molar refractivity (Wildman–Crippen MR) is 72.0 cm³/mol. The lowest BCUT2D eigenvalue weighted by Crippen LogP contribution is -2.53. The molecule has 1 aliphatic carbocycles. The molecule has 0 spiro atoms. The van der Waals surface area contributed by atoms with Gasteiger partial charge < -0.3 is 15.3 Å². The summed E-state index contributed by atoms with van der Waals surface area (Å²) in [6, 6.07) is -0.210. The van der Waals surface area contributed by atoms with Gasteiger partial charge in [-0.2, -0.15) is 0 Å². The van der Waals surface area contributed by atoms with E-state index >= 15 is 0 Å². The molecule has 2 amide bonds. The Bertz CT molecular complexity index is 351. The number of hydrogen-bond donors (Lipinski definition) is 2. The van der Waals surface area contributed by atoms with Crippen molar-refractivity contribution in [1.29, 1.82) is 0 Å². The molecule has 5 nitrogen and oxygen atoms in total. The maximum atomic E-state index is 12.3. The first-order chi connectivity index (χ1) is 9.00. The van der Waals surface area contributed by atoms with Crippen molar-refractivity contribution in [3.8, 4) is 0 Å². The summed E-state index contributed by atoms with van der Waals surface area (Å²) in [6.45, 7) is 2.78. The van der Waals surface area contributed by atoms with Gasteiger partial charge in [-0.05, 0) is 32.6 Å². The van der Waals surface area contributed by atoms with E-state index in [9.17, 15) is 9.59 Å². The lowest BCUT2D eigenvalue weighted by atomic mass is 9.83. The third kappa shape index (κ3) is 3.61. The third-order valence-corrected chi connectivity index (χ3v) is 4.41. The predicted octanol–water partition coefficient (Wildman–Crippen LogP) is 2.36. The Labute approximate surface area is 114 Å². The van der Waals surface area contributed by atoms with Crippen LogP contribution in [-0.4, -0.2) is 40.1 Å². The van der Waals surface area contributed by atoms with Crippen LogP contribution >= 0.6 is 0 Å². The highest BCUT2D eigenvalue weighted by atomic mass is 16.4. The zero-order valence-corrected chi connectivity index (χ0v) is 11.7. The minimum atomic E-state index is -0.825. The molecule has 2 fully saturated rings. The first-order valence-corrected chi connectivity index (χ1v) is 7.31. The van der Waals surface area contributed by atoms with Crippen molar-refractivity contribution < 1.29 is 14.7 Å². The fourth-order valence-electron chi connectivity index (χ4n) is 3.30. The number of carbonyl (C=O) groups is 2. The fourth-order valence-corrected chi connectivity index (χ4v) is 3.30. The smallest absolute Gasteiger partial charge is 0.318 e. The van der Waals surface area contributed by atoms with Crippen LogP contribution in [0, 0.1) is 0 Å². The quantitative estimate of drug-likeness (QED) is 0.825. The van der Waals surface area contributed by atoms with Crippen molar-refractivity contribution in [2.24, 2.45) is 0 Å². The first kappa shape index (κ1) is 14.2. The molecule has 2 aliphatic rings. The van der Waals surface area contributed by atoms with Gasteiger partial charge in [0.2, 0.25) is 0 Å². The summed E-state index contributed by atoms with van der Waals surface area (Å²) in [4.78, 5) is 24.9. The largest absolute Gasteiger partial charge is 0.481 e. The molecule has 1 saturated heterocycles. The summed E-state index contributed by atoms with van der Waals surface area (Å²) < 4.78 is 0. The van der Waals surface area contributed by atoms with Gasteiger partial charge in [-0.15, -0.1) is 0 Å². The van der Waals surface area contributed by atoms with Gasteiger partial charge in [-0.3, -0.25) is 4.79 Å². The van der Waals surface area contributed by atoms with E-state index in [-0.39, 0.29) is 24.0 Å². The molecule has 0 radical (unpaired) electrons.